The predicted octanol–water partition coefficient (Wildman–Crippen LogP) is 4.91. The molecule has 0 spiro atoms. The largest absolute Gasteiger partial charge is 0.486 e. The third-order valence-electron chi connectivity index (χ3n) is 4.74. The Morgan fingerprint density at radius 1 is 1.17 bits per heavy atom. The molecule has 1 heterocycles. The summed E-state index contributed by atoms with van der Waals surface area (Å²) in [5.74, 6) is 1.12. The number of carbonyl (C=O) groups excluding carboxylic acids is 1. The fourth-order valence-corrected chi connectivity index (χ4v) is 2.83. The Balaban J connectivity index is 1.66. The van der Waals surface area contributed by atoms with E-state index in [0.29, 0.717) is 11.3 Å². The van der Waals surface area contributed by atoms with E-state index in [0.717, 1.165) is 11.3 Å². The maximum Gasteiger partial charge on any atom is 0.289 e. The number of amides is 1. The first-order chi connectivity index (χ1) is 13.8. The van der Waals surface area contributed by atoms with Crippen LogP contribution >= 0.6 is 0 Å². The molecule has 0 radical (unpaired) electrons. The molecule has 7 nitrogen and oxygen atoms in total. The molecule has 3 aromatic rings. The monoisotopic (exact) mass is 394 g/mol. The topological polar surface area (TPSA) is 85.8 Å². The molecule has 0 N–H and O–H groups in total. The van der Waals surface area contributed by atoms with E-state index in [4.69, 9.17) is 9.15 Å². The van der Waals surface area contributed by atoms with Crippen molar-refractivity contribution in [1.29, 1.82) is 0 Å². The summed E-state index contributed by atoms with van der Waals surface area (Å²) in [4.78, 5) is 24.8. The van der Waals surface area contributed by atoms with E-state index in [9.17, 15) is 14.9 Å². The molecule has 0 aliphatic heterocycles. The van der Waals surface area contributed by atoms with E-state index in [2.05, 4.69) is 0 Å². The number of ether oxygens (including phenoxy) is 1. The molecule has 0 saturated heterocycles. The van der Waals surface area contributed by atoms with Gasteiger partial charge < -0.3 is 14.1 Å². The van der Waals surface area contributed by atoms with Crippen molar-refractivity contribution in [2.75, 3.05) is 7.05 Å². The highest BCUT2D eigenvalue weighted by atomic mass is 16.6. The standard InChI is InChI=1S/C22H22N2O5/c1-15-7-9-19(10-8-15)28-14-20-11-12-21(29-20)22(25)23(3)16(2)17-5-4-6-18(13-17)24(26)27/h4-13,16H,14H2,1-3H3/t16-/m1/s1. The van der Waals surface area contributed by atoms with Gasteiger partial charge in [-0.25, -0.2) is 0 Å². The van der Waals surface area contributed by atoms with Gasteiger partial charge in [0, 0.05) is 19.2 Å². The van der Waals surface area contributed by atoms with Crippen molar-refractivity contribution >= 4 is 11.6 Å². The van der Waals surface area contributed by atoms with Crippen LogP contribution in [0.5, 0.6) is 5.75 Å². The lowest BCUT2D eigenvalue weighted by Gasteiger charge is -2.24. The SMILES string of the molecule is Cc1ccc(OCc2ccc(C(=O)N(C)[C@H](C)c3cccc([N+](=O)[O-])c3)o2)cc1. The van der Waals surface area contributed by atoms with Gasteiger partial charge in [0.2, 0.25) is 0 Å². The molecule has 1 aromatic heterocycles. The number of carbonyl (C=O) groups is 1. The Labute approximate surface area is 168 Å². The number of nitro benzene ring substituents is 1. The Morgan fingerprint density at radius 3 is 2.59 bits per heavy atom. The van der Waals surface area contributed by atoms with Crippen LogP contribution in [-0.4, -0.2) is 22.8 Å². The molecule has 0 saturated carbocycles. The quantitative estimate of drug-likeness (QED) is 0.420. The van der Waals surface area contributed by atoms with Crippen LogP contribution in [0.15, 0.2) is 65.1 Å². The van der Waals surface area contributed by atoms with Crippen molar-refractivity contribution in [3.8, 4) is 5.75 Å². The summed E-state index contributed by atoms with van der Waals surface area (Å²) in [7, 11) is 1.64. The van der Waals surface area contributed by atoms with Gasteiger partial charge in [-0.2, -0.15) is 0 Å². The molecule has 0 fully saturated rings. The molecule has 1 amide bonds. The van der Waals surface area contributed by atoms with Crippen LogP contribution < -0.4 is 4.74 Å². The average Bonchev–Trinajstić information content (AvgIpc) is 3.21. The number of hydrogen-bond donors (Lipinski definition) is 0. The van der Waals surface area contributed by atoms with Crippen LogP contribution in [-0.2, 0) is 6.61 Å². The van der Waals surface area contributed by atoms with Crippen LogP contribution in [0.3, 0.4) is 0 Å². The molecule has 0 aliphatic carbocycles. The molecule has 7 heteroatoms. The van der Waals surface area contributed by atoms with Gasteiger partial charge in [-0.1, -0.05) is 29.8 Å². The molecular weight excluding hydrogens is 372 g/mol. The number of aryl methyl sites for hydroxylation is 1. The number of furan rings is 1. The number of nitro groups is 1. The van der Waals surface area contributed by atoms with Gasteiger partial charge in [0.1, 0.15) is 18.1 Å². The fourth-order valence-electron chi connectivity index (χ4n) is 2.83. The Hall–Kier alpha value is -3.61. The minimum absolute atomic E-state index is 0.0104. The van der Waals surface area contributed by atoms with Gasteiger partial charge >= 0.3 is 0 Å². The van der Waals surface area contributed by atoms with Gasteiger partial charge in [0.05, 0.1) is 11.0 Å². The lowest BCUT2D eigenvalue weighted by atomic mass is 10.1. The fraction of sp³-hybridized carbons (Fsp3) is 0.227. The smallest absolute Gasteiger partial charge is 0.289 e. The predicted molar refractivity (Wildman–Crippen MR) is 108 cm³/mol. The van der Waals surface area contributed by atoms with E-state index in [1.807, 2.05) is 31.2 Å². The second kappa shape index (κ2) is 8.60. The van der Waals surface area contributed by atoms with Crippen molar-refractivity contribution in [3.63, 3.8) is 0 Å². The number of rotatable bonds is 7. The minimum atomic E-state index is -0.453. The van der Waals surface area contributed by atoms with Crippen LogP contribution in [0, 0.1) is 17.0 Å². The van der Waals surface area contributed by atoms with E-state index in [1.165, 1.54) is 17.0 Å². The molecule has 2 aromatic carbocycles. The van der Waals surface area contributed by atoms with E-state index in [1.54, 1.807) is 38.2 Å². The van der Waals surface area contributed by atoms with Gasteiger partial charge in [-0.3, -0.25) is 14.9 Å². The van der Waals surface area contributed by atoms with Crippen LogP contribution in [0.25, 0.3) is 0 Å². The van der Waals surface area contributed by atoms with E-state index in [-0.39, 0.29) is 30.0 Å². The highest BCUT2D eigenvalue weighted by molar-refractivity contribution is 5.91. The summed E-state index contributed by atoms with van der Waals surface area (Å²) in [5, 5.41) is 11.0. The molecule has 0 unspecified atom stereocenters. The van der Waals surface area contributed by atoms with Crippen molar-refractivity contribution < 1.29 is 18.9 Å². The number of non-ortho nitro benzene ring substituents is 1. The van der Waals surface area contributed by atoms with Crippen molar-refractivity contribution in [1.82, 2.24) is 4.90 Å². The second-order valence-electron chi connectivity index (χ2n) is 6.81. The van der Waals surface area contributed by atoms with E-state index >= 15 is 0 Å². The molecule has 29 heavy (non-hydrogen) atoms. The zero-order valence-corrected chi connectivity index (χ0v) is 16.5. The first kappa shape index (κ1) is 20.1. The normalized spacial score (nSPS) is 11.7. The molecule has 0 aliphatic rings. The van der Waals surface area contributed by atoms with Crippen molar-refractivity contribution in [2.45, 2.75) is 26.5 Å². The highest BCUT2D eigenvalue weighted by Crippen LogP contribution is 2.25. The maximum atomic E-state index is 12.8. The number of nitrogens with zero attached hydrogens (tertiary/aromatic N) is 2. The van der Waals surface area contributed by atoms with Gasteiger partial charge in [0.15, 0.2) is 5.76 Å². The van der Waals surface area contributed by atoms with Gasteiger partial charge in [0.25, 0.3) is 11.6 Å². The van der Waals surface area contributed by atoms with Crippen LogP contribution in [0.2, 0.25) is 0 Å². The van der Waals surface area contributed by atoms with Crippen molar-refractivity contribution in [2.24, 2.45) is 0 Å². The first-order valence-electron chi connectivity index (χ1n) is 9.15. The molecule has 3 rings (SSSR count). The molecular formula is C22H22N2O5. The zero-order valence-electron chi connectivity index (χ0n) is 16.5. The van der Waals surface area contributed by atoms with Crippen LogP contribution in [0.1, 0.15) is 40.4 Å². The van der Waals surface area contributed by atoms with Gasteiger partial charge in [-0.15, -0.1) is 0 Å². The molecule has 150 valence electrons. The number of hydrogen-bond acceptors (Lipinski definition) is 5. The third kappa shape index (κ3) is 4.82. The average molecular weight is 394 g/mol. The summed E-state index contributed by atoms with van der Waals surface area (Å²) in [6.07, 6.45) is 0. The summed E-state index contributed by atoms with van der Waals surface area (Å²) >= 11 is 0. The van der Waals surface area contributed by atoms with Crippen molar-refractivity contribution in [3.05, 3.63) is 93.4 Å². The molecule has 0 bridgehead atoms. The Bertz CT molecular complexity index is 1010. The first-order valence-corrected chi connectivity index (χ1v) is 9.15. The third-order valence-corrected chi connectivity index (χ3v) is 4.74. The van der Waals surface area contributed by atoms with Crippen LogP contribution in [0.4, 0.5) is 5.69 Å². The lowest BCUT2D eigenvalue weighted by Crippen LogP contribution is -2.29. The minimum Gasteiger partial charge on any atom is -0.486 e. The summed E-state index contributed by atoms with van der Waals surface area (Å²) < 4.78 is 11.3. The zero-order chi connectivity index (χ0) is 21.0. The molecule has 1 atom stereocenters. The van der Waals surface area contributed by atoms with E-state index < -0.39 is 4.92 Å². The summed E-state index contributed by atoms with van der Waals surface area (Å²) in [5.41, 5.74) is 1.80. The Morgan fingerprint density at radius 2 is 1.90 bits per heavy atom. The summed E-state index contributed by atoms with van der Waals surface area (Å²) in [6.45, 7) is 4.02. The lowest BCUT2D eigenvalue weighted by molar-refractivity contribution is -0.384. The second-order valence-corrected chi connectivity index (χ2v) is 6.81. The summed E-state index contributed by atoms with van der Waals surface area (Å²) in [6, 6.07) is 16.9. The Kier molecular flexibility index (Phi) is 5.97. The van der Waals surface area contributed by atoms with Gasteiger partial charge in [-0.05, 0) is 43.7 Å². The maximum absolute atomic E-state index is 12.8. The highest BCUT2D eigenvalue weighted by Gasteiger charge is 2.23. The number of benzene rings is 2.